The van der Waals surface area contributed by atoms with Gasteiger partial charge >= 0.3 is 0 Å². The average Bonchev–Trinajstić information content (AvgIpc) is 3.02. The second-order valence-corrected chi connectivity index (χ2v) is 7.56. The summed E-state index contributed by atoms with van der Waals surface area (Å²) in [5.74, 6) is 1.33. The van der Waals surface area contributed by atoms with Gasteiger partial charge in [0.1, 0.15) is 5.82 Å². The quantitative estimate of drug-likeness (QED) is 0.882. The van der Waals surface area contributed by atoms with Gasteiger partial charge in [-0.15, -0.1) is 0 Å². The van der Waals surface area contributed by atoms with Crippen molar-refractivity contribution in [2.75, 3.05) is 24.5 Å². The Balaban J connectivity index is 1.51. The van der Waals surface area contributed by atoms with Crippen molar-refractivity contribution in [2.45, 2.75) is 17.9 Å². The van der Waals surface area contributed by atoms with E-state index in [1.54, 1.807) is 17.8 Å². The highest BCUT2D eigenvalue weighted by molar-refractivity contribution is 7.89. The van der Waals surface area contributed by atoms with E-state index in [0.29, 0.717) is 12.5 Å². The third-order valence-corrected chi connectivity index (χ3v) is 5.41. The molecule has 0 amide bonds. The number of hydrogen-bond acceptors (Lipinski definition) is 5. The Morgan fingerprint density at radius 3 is 2.65 bits per heavy atom. The van der Waals surface area contributed by atoms with Crippen LogP contribution in [0.1, 0.15) is 12.8 Å². The molecule has 0 aromatic carbocycles. The van der Waals surface area contributed by atoms with E-state index in [-0.39, 0.29) is 5.03 Å². The predicted molar refractivity (Wildman–Crippen MR) is 87.6 cm³/mol. The van der Waals surface area contributed by atoms with Gasteiger partial charge in [-0.25, -0.2) is 23.1 Å². The molecule has 0 saturated carbocycles. The summed E-state index contributed by atoms with van der Waals surface area (Å²) in [4.78, 5) is 10.5. The molecule has 0 atom stereocenters. The molecule has 7 nitrogen and oxygen atoms in total. The number of nitrogens with zero attached hydrogens (tertiary/aromatic N) is 4. The molecule has 0 aliphatic carbocycles. The molecule has 1 aliphatic rings. The number of pyridine rings is 1. The van der Waals surface area contributed by atoms with Crippen molar-refractivity contribution in [1.82, 2.24) is 19.3 Å². The van der Waals surface area contributed by atoms with Crippen molar-refractivity contribution in [3.8, 4) is 0 Å². The molecular formula is C15H21N5O2S. The van der Waals surface area contributed by atoms with Crippen molar-refractivity contribution in [1.29, 1.82) is 0 Å². The van der Waals surface area contributed by atoms with Crippen LogP contribution in [0.3, 0.4) is 0 Å². The lowest BCUT2D eigenvalue weighted by molar-refractivity contribution is 0.400. The minimum Gasteiger partial charge on any atom is -0.357 e. The largest absolute Gasteiger partial charge is 0.357 e. The van der Waals surface area contributed by atoms with Crippen LogP contribution in [0.25, 0.3) is 0 Å². The molecule has 1 aliphatic heterocycles. The molecule has 0 bridgehead atoms. The Kier molecular flexibility index (Phi) is 4.63. The van der Waals surface area contributed by atoms with Gasteiger partial charge in [-0.05, 0) is 30.9 Å². The molecule has 23 heavy (non-hydrogen) atoms. The SMILES string of the molecule is Cn1cnc(S(=O)(=O)NCC2CCN(c3ccccn3)CC2)c1. The first-order valence-corrected chi connectivity index (χ1v) is 9.16. The molecule has 2 aromatic rings. The van der Waals surface area contributed by atoms with Gasteiger partial charge in [-0.2, -0.15) is 0 Å². The van der Waals surface area contributed by atoms with E-state index >= 15 is 0 Å². The minimum atomic E-state index is -3.51. The van der Waals surface area contributed by atoms with Crippen LogP contribution in [0.5, 0.6) is 0 Å². The van der Waals surface area contributed by atoms with Crippen LogP contribution in [0.4, 0.5) is 5.82 Å². The van der Waals surface area contributed by atoms with E-state index < -0.39 is 10.0 Å². The van der Waals surface area contributed by atoms with Crippen molar-refractivity contribution in [3.63, 3.8) is 0 Å². The fraction of sp³-hybridized carbons (Fsp3) is 0.467. The summed E-state index contributed by atoms with van der Waals surface area (Å²) in [5, 5.41) is 0.0749. The van der Waals surface area contributed by atoms with Gasteiger partial charge in [0.25, 0.3) is 10.0 Å². The molecule has 0 radical (unpaired) electrons. The third-order valence-electron chi connectivity index (χ3n) is 4.11. The second kappa shape index (κ2) is 6.67. The molecule has 1 saturated heterocycles. The Morgan fingerprint density at radius 2 is 2.04 bits per heavy atom. The fourth-order valence-electron chi connectivity index (χ4n) is 2.74. The zero-order chi connectivity index (χ0) is 16.3. The van der Waals surface area contributed by atoms with E-state index in [2.05, 4.69) is 19.6 Å². The summed E-state index contributed by atoms with van der Waals surface area (Å²) in [6, 6.07) is 5.89. The molecule has 3 rings (SSSR count). The van der Waals surface area contributed by atoms with Gasteiger partial charge in [0.2, 0.25) is 0 Å². The van der Waals surface area contributed by atoms with Crippen LogP contribution in [-0.2, 0) is 17.1 Å². The molecular weight excluding hydrogens is 314 g/mol. The highest BCUT2D eigenvalue weighted by Crippen LogP contribution is 2.21. The maximum atomic E-state index is 12.2. The van der Waals surface area contributed by atoms with Crippen LogP contribution in [0.2, 0.25) is 0 Å². The van der Waals surface area contributed by atoms with Crippen molar-refractivity contribution in [2.24, 2.45) is 13.0 Å². The van der Waals surface area contributed by atoms with E-state index in [9.17, 15) is 8.42 Å². The smallest absolute Gasteiger partial charge is 0.259 e. The van der Waals surface area contributed by atoms with Gasteiger partial charge in [0.15, 0.2) is 5.03 Å². The minimum absolute atomic E-state index is 0.0749. The Morgan fingerprint density at radius 1 is 1.26 bits per heavy atom. The molecule has 1 N–H and O–H groups in total. The summed E-state index contributed by atoms with van der Waals surface area (Å²) in [5.41, 5.74) is 0. The topological polar surface area (TPSA) is 80.1 Å². The van der Waals surface area contributed by atoms with Crippen LogP contribution >= 0.6 is 0 Å². The van der Waals surface area contributed by atoms with Gasteiger partial charge in [-0.1, -0.05) is 6.07 Å². The lowest BCUT2D eigenvalue weighted by atomic mass is 9.97. The highest BCUT2D eigenvalue weighted by atomic mass is 32.2. The number of imidazole rings is 1. The number of hydrogen-bond donors (Lipinski definition) is 1. The molecule has 2 aromatic heterocycles. The highest BCUT2D eigenvalue weighted by Gasteiger charge is 2.23. The van der Waals surface area contributed by atoms with Gasteiger partial charge in [0, 0.05) is 39.1 Å². The van der Waals surface area contributed by atoms with Crippen LogP contribution in [-0.4, -0.2) is 42.6 Å². The fourth-order valence-corrected chi connectivity index (χ4v) is 3.83. The number of aromatic nitrogens is 3. The zero-order valence-electron chi connectivity index (χ0n) is 13.1. The molecule has 124 valence electrons. The number of piperidine rings is 1. The van der Waals surface area contributed by atoms with Crippen molar-refractivity contribution < 1.29 is 8.42 Å². The zero-order valence-corrected chi connectivity index (χ0v) is 13.9. The van der Waals surface area contributed by atoms with Gasteiger partial charge < -0.3 is 9.47 Å². The maximum Gasteiger partial charge on any atom is 0.259 e. The second-order valence-electron chi connectivity index (χ2n) is 5.85. The monoisotopic (exact) mass is 335 g/mol. The summed E-state index contributed by atoms with van der Waals surface area (Å²) < 4.78 is 28.6. The Bertz CT molecular complexity index is 736. The first-order chi connectivity index (χ1) is 11.0. The van der Waals surface area contributed by atoms with Crippen LogP contribution in [0.15, 0.2) is 41.9 Å². The maximum absolute atomic E-state index is 12.2. The van der Waals surface area contributed by atoms with Crippen LogP contribution < -0.4 is 9.62 Å². The number of nitrogens with one attached hydrogen (secondary N) is 1. The Labute approximate surface area is 136 Å². The predicted octanol–water partition coefficient (Wildman–Crippen LogP) is 1.01. The Hall–Kier alpha value is -1.93. The van der Waals surface area contributed by atoms with E-state index in [4.69, 9.17) is 0 Å². The summed E-state index contributed by atoms with van der Waals surface area (Å²) in [6.45, 7) is 2.24. The summed E-state index contributed by atoms with van der Waals surface area (Å²) >= 11 is 0. The van der Waals surface area contributed by atoms with Crippen LogP contribution in [0, 0.1) is 5.92 Å². The number of aryl methyl sites for hydroxylation is 1. The first kappa shape index (κ1) is 15.9. The standard InChI is InChI=1S/C15H21N5O2S/c1-19-11-15(17-12-19)23(21,22)18-10-13-5-8-20(9-6-13)14-4-2-3-7-16-14/h2-4,7,11-13,18H,5-6,8-10H2,1H3. The van der Waals surface area contributed by atoms with E-state index in [1.807, 2.05) is 18.2 Å². The molecule has 1 fully saturated rings. The number of rotatable bonds is 5. The average molecular weight is 335 g/mol. The molecule has 8 heteroatoms. The summed E-state index contributed by atoms with van der Waals surface area (Å²) in [6.07, 6.45) is 6.68. The van der Waals surface area contributed by atoms with Gasteiger partial charge in [0.05, 0.1) is 6.33 Å². The van der Waals surface area contributed by atoms with E-state index in [0.717, 1.165) is 31.7 Å². The first-order valence-electron chi connectivity index (χ1n) is 7.68. The summed E-state index contributed by atoms with van der Waals surface area (Å²) in [7, 11) is -1.76. The lowest BCUT2D eigenvalue weighted by Gasteiger charge is -2.32. The van der Waals surface area contributed by atoms with Crippen molar-refractivity contribution >= 4 is 15.8 Å². The lowest BCUT2D eigenvalue weighted by Crippen LogP contribution is -2.39. The van der Waals surface area contributed by atoms with Gasteiger partial charge in [-0.3, -0.25) is 0 Å². The molecule has 3 heterocycles. The van der Waals surface area contributed by atoms with Crippen molar-refractivity contribution in [3.05, 3.63) is 36.9 Å². The number of anilines is 1. The third kappa shape index (κ3) is 3.89. The van der Waals surface area contributed by atoms with E-state index in [1.165, 1.54) is 12.5 Å². The normalized spacial score (nSPS) is 16.7. The number of sulfonamides is 1. The molecule has 0 spiro atoms. The molecule has 0 unspecified atom stereocenters.